The number of rotatable bonds is 7. The number of aromatic nitrogens is 2. The topological polar surface area (TPSA) is 99.4 Å². The largest absolute Gasteiger partial charge is 0.493 e. The van der Waals surface area contributed by atoms with Crippen LogP contribution in [-0.4, -0.2) is 36.1 Å². The third-order valence-corrected chi connectivity index (χ3v) is 3.24. The minimum absolute atomic E-state index is 0.235. The molecule has 1 heterocycles. The minimum atomic E-state index is -0.235. The van der Waals surface area contributed by atoms with Gasteiger partial charge < -0.3 is 20.5 Å². The van der Waals surface area contributed by atoms with Crippen LogP contribution in [0.25, 0.3) is 0 Å². The molecule has 24 heavy (non-hydrogen) atoms. The van der Waals surface area contributed by atoms with Crippen molar-refractivity contribution in [2.24, 2.45) is 5.73 Å². The van der Waals surface area contributed by atoms with Crippen molar-refractivity contribution in [1.82, 2.24) is 15.3 Å². The van der Waals surface area contributed by atoms with Crippen molar-refractivity contribution in [3.05, 3.63) is 47.0 Å². The van der Waals surface area contributed by atoms with E-state index in [9.17, 15) is 4.79 Å². The van der Waals surface area contributed by atoms with E-state index in [1.54, 1.807) is 18.2 Å². The van der Waals surface area contributed by atoms with Gasteiger partial charge >= 0.3 is 0 Å². The number of benzene rings is 1. The summed E-state index contributed by atoms with van der Waals surface area (Å²) in [5.41, 5.74) is 7.63. The van der Waals surface area contributed by atoms with Crippen molar-refractivity contribution in [3.63, 3.8) is 0 Å². The fraction of sp³-hybridized carbons (Fsp3) is 0.353. The zero-order valence-electron chi connectivity index (χ0n) is 14.1. The third kappa shape index (κ3) is 4.66. The van der Waals surface area contributed by atoms with Crippen molar-refractivity contribution >= 4 is 5.91 Å². The fourth-order valence-electron chi connectivity index (χ4n) is 2.24. The first-order chi connectivity index (χ1) is 11.5. The average molecular weight is 330 g/mol. The van der Waals surface area contributed by atoms with Crippen molar-refractivity contribution in [1.29, 1.82) is 0 Å². The minimum Gasteiger partial charge on any atom is -0.493 e. The summed E-state index contributed by atoms with van der Waals surface area (Å²) in [6, 6.07) is 6.88. The molecule has 0 aliphatic rings. The summed E-state index contributed by atoms with van der Waals surface area (Å²) in [6.45, 7) is 4.83. The van der Waals surface area contributed by atoms with Gasteiger partial charge in [0.25, 0.3) is 5.91 Å². The van der Waals surface area contributed by atoms with Crippen molar-refractivity contribution < 1.29 is 14.3 Å². The molecule has 0 aliphatic heterocycles. The van der Waals surface area contributed by atoms with Crippen LogP contribution >= 0.6 is 0 Å². The maximum atomic E-state index is 12.3. The van der Waals surface area contributed by atoms with Gasteiger partial charge in [-0.3, -0.25) is 4.79 Å². The number of hydrogen-bond acceptors (Lipinski definition) is 6. The molecule has 0 unspecified atom stereocenters. The number of ether oxygens (including phenoxy) is 2. The fourth-order valence-corrected chi connectivity index (χ4v) is 2.24. The Hall–Kier alpha value is -2.67. The Bertz CT molecular complexity index is 699. The lowest BCUT2D eigenvalue weighted by Gasteiger charge is -2.12. The lowest BCUT2D eigenvalue weighted by Crippen LogP contribution is -2.24. The van der Waals surface area contributed by atoms with Gasteiger partial charge in [-0.05, 0) is 38.1 Å². The van der Waals surface area contributed by atoms with Crippen LogP contribution in [0.15, 0.2) is 24.3 Å². The summed E-state index contributed by atoms with van der Waals surface area (Å²) in [6.07, 6.45) is 0. The van der Waals surface area contributed by atoms with Gasteiger partial charge in [0.1, 0.15) is 12.4 Å². The van der Waals surface area contributed by atoms with Gasteiger partial charge in [0.2, 0.25) is 0 Å². The van der Waals surface area contributed by atoms with Gasteiger partial charge in [0.15, 0.2) is 11.5 Å². The molecule has 0 fully saturated rings. The highest BCUT2D eigenvalue weighted by Crippen LogP contribution is 2.27. The number of hydrogen-bond donors (Lipinski definition) is 2. The average Bonchev–Trinajstić information content (AvgIpc) is 2.56. The molecule has 7 nitrogen and oxygen atoms in total. The molecule has 128 valence electrons. The zero-order valence-corrected chi connectivity index (χ0v) is 14.1. The third-order valence-electron chi connectivity index (χ3n) is 3.24. The molecule has 1 amide bonds. The predicted octanol–water partition coefficient (Wildman–Crippen LogP) is 1.37. The van der Waals surface area contributed by atoms with E-state index in [0.717, 1.165) is 11.4 Å². The van der Waals surface area contributed by atoms with E-state index in [1.807, 2.05) is 19.9 Å². The van der Waals surface area contributed by atoms with E-state index in [0.29, 0.717) is 36.0 Å². The first kappa shape index (κ1) is 17.7. The Kier molecular flexibility index (Phi) is 6.08. The number of carbonyl (C=O) groups is 1. The number of aryl methyl sites for hydroxylation is 2. The molecule has 3 N–H and O–H groups in total. The highest BCUT2D eigenvalue weighted by molar-refractivity contribution is 5.94. The predicted molar refractivity (Wildman–Crippen MR) is 90.2 cm³/mol. The van der Waals surface area contributed by atoms with Crippen LogP contribution in [0.4, 0.5) is 0 Å². The Morgan fingerprint density at radius 2 is 1.88 bits per heavy atom. The van der Waals surface area contributed by atoms with Crippen LogP contribution < -0.4 is 20.5 Å². The molecular formula is C17H22N4O3. The maximum absolute atomic E-state index is 12.3. The SMILES string of the molecule is COc1cc(C(=O)NCc2nc(C)cc(C)n2)ccc1OCCN. The van der Waals surface area contributed by atoms with Crippen molar-refractivity contribution in [3.8, 4) is 11.5 Å². The molecule has 0 radical (unpaired) electrons. The summed E-state index contributed by atoms with van der Waals surface area (Å²) in [4.78, 5) is 20.9. The Morgan fingerprint density at radius 3 is 2.50 bits per heavy atom. The number of nitrogens with two attached hydrogens (primary N) is 1. The molecule has 0 bridgehead atoms. The van der Waals surface area contributed by atoms with Crippen molar-refractivity contribution in [2.45, 2.75) is 20.4 Å². The van der Waals surface area contributed by atoms with Crippen LogP contribution in [0.2, 0.25) is 0 Å². The molecule has 7 heteroatoms. The zero-order chi connectivity index (χ0) is 17.5. The van der Waals surface area contributed by atoms with Gasteiger partial charge in [-0.15, -0.1) is 0 Å². The molecule has 0 saturated heterocycles. The second kappa shape index (κ2) is 8.26. The van der Waals surface area contributed by atoms with E-state index in [1.165, 1.54) is 7.11 Å². The van der Waals surface area contributed by atoms with Gasteiger partial charge in [-0.25, -0.2) is 9.97 Å². The van der Waals surface area contributed by atoms with Gasteiger partial charge in [-0.2, -0.15) is 0 Å². The number of nitrogens with one attached hydrogen (secondary N) is 1. The van der Waals surface area contributed by atoms with Crippen LogP contribution in [0.3, 0.4) is 0 Å². The highest BCUT2D eigenvalue weighted by Gasteiger charge is 2.11. The Morgan fingerprint density at radius 1 is 1.17 bits per heavy atom. The Balaban J connectivity index is 2.06. The second-order valence-electron chi connectivity index (χ2n) is 5.25. The van der Waals surface area contributed by atoms with Crippen LogP contribution in [0.1, 0.15) is 27.6 Å². The van der Waals surface area contributed by atoms with Crippen LogP contribution in [0, 0.1) is 13.8 Å². The molecule has 1 aromatic heterocycles. The lowest BCUT2D eigenvalue weighted by molar-refractivity contribution is 0.0949. The van der Waals surface area contributed by atoms with E-state index in [4.69, 9.17) is 15.2 Å². The molecule has 0 atom stereocenters. The monoisotopic (exact) mass is 330 g/mol. The summed E-state index contributed by atoms with van der Waals surface area (Å²) < 4.78 is 10.7. The summed E-state index contributed by atoms with van der Waals surface area (Å²) in [5.74, 6) is 1.38. The number of amides is 1. The first-order valence-corrected chi connectivity index (χ1v) is 7.63. The Labute approximate surface area is 141 Å². The number of methoxy groups -OCH3 is 1. The number of nitrogens with zero attached hydrogens (tertiary/aromatic N) is 2. The molecule has 2 rings (SSSR count). The molecule has 1 aromatic carbocycles. The summed E-state index contributed by atoms with van der Waals surface area (Å²) in [7, 11) is 1.52. The number of carbonyl (C=O) groups excluding carboxylic acids is 1. The van der Waals surface area contributed by atoms with Crippen LogP contribution in [0.5, 0.6) is 11.5 Å². The maximum Gasteiger partial charge on any atom is 0.251 e. The molecule has 0 saturated carbocycles. The molecule has 0 spiro atoms. The molecule has 0 aliphatic carbocycles. The highest BCUT2D eigenvalue weighted by atomic mass is 16.5. The van der Waals surface area contributed by atoms with E-state index in [-0.39, 0.29) is 12.5 Å². The van der Waals surface area contributed by atoms with E-state index < -0.39 is 0 Å². The second-order valence-corrected chi connectivity index (χ2v) is 5.25. The first-order valence-electron chi connectivity index (χ1n) is 7.63. The standard InChI is InChI=1S/C17H22N4O3/c1-11-8-12(2)21-16(20-11)10-19-17(22)13-4-5-14(24-7-6-18)15(9-13)23-3/h4-5,8-9H,6-7,10,18H2,1-3H3,(H,19,22). The van der Waals surface area contributed by atoms with E-state index in [2.05, 4.69) is 15.3 Å². The summed E-state index contributed by atoms with van der Waals surface area (Å²) >= 11 is 0. The smallest absolute Gasteiger partial charge is 0.251 e. The lowest BCUT2D eigenvalue weighted by atomic mass is 10.2. The molecule has 2 aromatic rings. The van der Waals surface area contributed by atoms with Crippen LogP contribution in [-0.2, 0) is 6.54 Å². The summed E-state index contributed by atoms with van der Waals surface area (Å²) in [5, 5.41) is 2.80. The van der Waals surface area contributed by atoms with E-state index >= 15 is 0 Å². The van der Waals surface area contributed by atoms with Crippen molar-refractivity contribution in [2.75, 3.05) is 20.3 Å². The quantitative estimate of drug-likeness (QED) is 0.795. The molecular weight excluding hydrogens is 308 g/mol. The normalized spacial score (nSPS) is 10.3. The van der Waals surface area contributed by atoms with Gasteiger partial charge in [-0.1, -0.05) is 0 Å². The van der Waals surface area contributed by atoms with Gasteiger partial charge in [0.05, 0.1) is 13.7 Å². The van der Waals surface area contributed by atoms with Gasteiger partial charge in [0, 0.05) is 23.5 Å².